The molecule has 5 heterocycles. The van der Waals surface area contributed by atoms with Crippen molar-refractivity contribution < 1.29 is 18.7 Å². The van der Waals surface area contributed by atoms with Crippen molar-refractivity contribution in [1.29, 1.82) is 0 Å². The molecule has 0 spiro atoms. The Hall–Kier alpha value is -4.17. The predicted octanol–water partition coefficient (Wildman–Crippen LogP) is 5.04. The van der Waals surface area contributed by atoms with Gasteiger partial charge >= 0.3 is 0 Å². The van der Waals surface area contributed by atoms with Crippen LogP contribution >= 0.6 is 34.5 Å². The Balaban J connectivity index is 1.49. The molecule has 1 fully saturated rings. The van der Waals surface area contributed by atoms with Crippen molar-refractivity contribution in [2.24, 2.45) is 0 Å². The predicted molar refractivity (Wildman–Crippen MR) is 164 cm³/mol. The summed E-state index contributed by atoms with van der Waals surface area (Å²) in [6.45, 7) is 2.07. The fourth-order valence-corrected chi connectivity index (χ4v) is 6.34. The first kappa shape index (κ1) is 28.9. The Morgan fingerprint density at radius 3 is 2.60 bits per heavy atom. The Labute approximate surface area is 258 Å². The van der Waals surface area contributed by atoms with Crippen LogP contribution in [0.1, 0.15) is 25.7 Å². The van der Waals surface area contributed by atoms with Gasteiger partial charge in [0.15, 0.2) is 0 Å². The van der Waals surface area contributed by atoms with E-state index in [1.165, 1.54) is 40.2 Å². The lowest BCUT2D eigenvalue weighted by molar-refractivity contribution is 0.0940. The van der Waals surface area contributed by atoms with Crippen LogP contribution in [0, 0.1) is 5.82 Å². The molecule has 1 saturated heterocycles. The molecule has 1 aliphatic rings. The highest BCUT2D eigenvalue weighted by atomic mass is 35.5. The molecular formula is C29H24ClFN6O4S2. The second-order valence-corrected chi connectivity index (χ2v) is 12.0. The maximum absolute atomic E-state index is 14.7. The zero-order valence-corrected chi connectivity index (χ0v) is 24.9. The van der Waals surface area contributed by atoms with E-state index in [-0.39, 0.29) is 35.1 Å². The molecule has 43 heavy (non-hydrogen) atoms. The summed E-state index contributed by atoms with van der Waals surface area (Å²) in [6.07, 6.45) is 0. The third-order valence-electron chi connectivity index (χ3n) is 6.86. The molecule has 0 radical (unpaired) electrons. The standard InChI is InChI=1S/C29H24ClFN6O4S2/c30-25-7-5-18(43-25)16-32-26-15-22(33-37(26)29(40)19-3-1-2-4-20(19)31)28-23(35-10-12-41-13-11-35)6-8-27(39)36(28)17-24(38)21-9-14-42-34-21/h1-9,14-15,32H,10-13,16-17H2. The Morgan fingerprint density at radius 2 is 1.88 bits per heavy atom. The van der Waals surface area contributed by atoms with Crippen LogP contribution in [-0.2, 0) is 17.8 Å². The average Bonchev–Trinajstić information content (AvgIpc) is 3.79. The number of ketones is 1. The minimum atomic E-state index is -0.702. The van der Waals surface area contributed by atoms with Crippen LogP contribution in [0.4, 0.5) is 15.9 Å². The van der Waals surface area contributed by atoms with Crippen molar-refractivity contribution in [1.82, 2.24) is 18.7 Å². The third kappa shape index (κ3) is 6.15. The van der Waals surface area contributed by atoms with Crippen LogP contribution in [0.15, 0.2) is 70.8 Å². The first-order valence-corrected chi connectivity index (χ1v) is 15.3. The molecule has 6 rings (SSSR count). The summed E-state index contributed by atoms with van der Waals surface area (Å²) in [4.78, 5) is 43.1. The fraction of sp³-hybridized carbons (Fsp3) is 0.207. The SMILES string of the molecule is O=C(Cn1c(-c2cc(NCc3ccc(Cl)s3)n(C(=O)c3ccccc3F)n2)c(N2CCOCC2)ccc1=O)c1ccsn1. The number of aromatic nitrogens is 4. The molecule has 14 heteroatoms. The molecule has 0 bridgehead atoms. The number of nitrogens with one attached hydrogen (secondary N) is 1. The van der Waals surface area contributed by atoms with Gasteiger partial charge in [0.25, 0.3) is 11.5 Å². The number of halogens is 2. The molecule has 0 aliphatic carbocycles. The van der Waals surface area contributed by atoms with E-state index in [0.717, 1.165) is 21.1 Å². The number of benzene rings is 1. The van der Waals surface area contributed by atoms with Gasteiger partial charge in [0.1, 0.15) is 23.0 Å². The Kier molecular flexibility index (Phi) is 8.47. The molecule has 0 saturated carbocycles. The number of carbonyl (C=O) groups excluding carboxylic acids is 2. The van der Waals surface area contributed by atoms with Gasteiger partial charge in [-0.2, -0.15) is 14.2 Å². The maximum atomic E-state index is 14.7. The van der Waals surface area contributed by atoms with E-state index in [1.54, 1.807) is 35.7 Å². The second-order valence-electron chi connectivity index (χ2n) is 9.57. The number of pyridine rings is 1. The van der Waals surface area contributed by atoms with Crippen molar-refractivity contribution in [3.05, 3.63) is 103 Å². The fourth-order valence-electron chi connectivity index (χ4n) is 4.79. The Morgan fingerprint density at radius 1 is 1.07 bits per heavy atom. The van der Waals surface area contributed by atoms with Crippen molar-refractivity contribution in [2.75, 3.05) is 36.5 Å². The topological polar surface area (TPSA) is 111 Å². The molecular weight excluding hydrogens is 615 g/mol. The van der Waals surface area contributed by atoms with Crippen LogP contribution in [0.25, 0.3) is 11.4 Å². The van der Waals surface area contributed by atoms with Gasteiger partial charge in [-0.1, -0.05) is 23.7 Å². The average molecular weight is 639 g/mol. The van der Waals surface area contributed by atoms with Gasteiger partial charge in [-0.3, -0.25) is 19.0 Å². The summed E-state index contributed by atoms with van der Waals surface area (Å²) < 4.78 is 27.4. The van der Waals surface area contributed by atoms with E-state index in [1.807, 2.05) is 11.0 Å². The van der Waals surface area contributed by atoms with E-state index in [4.69, 9.17) is 16.3 Å². The van der Waals surface area contributed by atoms with E-state index >= 15 is 0 Å². The van der Waals surface area contributed by atoms with Gasteiger partial charge in [-0.15, -0.1) is 11.3 Å². The molecule has 1 aromatic carbocycles. The van der Waals surface area contributed by atoms with Crippen LogP contribution in [0.3, 0.4) is 0 Å². The van der Waals surface area contributed by atoms with Gasteiger partial charge < -0.3 is 15.0 Å². The number of nitrogens with zero attached hydrogens (tertiary/aromatic N) is 5. The minimum absolute atomic E-state index is 0.170. The van der Waals surface area contributed by atoms with Crippen LogP contribution in [0.5, 0.6) is 0 Å². The van der Waals surface area contributed by atoms with E-state index < -0.39 is 17.3 Å². The highest BCUT2D eigenvalue weighted by Gasteiger charge is 2.26. The zero-order valence-electron chi connectivity index (χ0n) is 22.5. The maximum Gasteiger partial charge on any atom is 0.283 e. The molecule has 1 N–H and O–H groups in total. The summed E-state index contributed by atoms with van der Waals surface area (Å²) in [5.74, 6) is -1.47. The Bertz CT molecular complexity index is 1850. The summed E-state index contributed by atoms with van der Waals surface area (Å²) in [5, 5.41) is 9.52. The van der Waals surface area contributed by atoms with Gasteiger partial charge in [0.05, 0.1) is 47.6 Å². The van der Waals surface area contributed by atoms with Crippen molar-refractivity contribution in [3.63, 3.8) is 0 Å². The first-order valence-electron chi connectivity index (χ1n) is 13.3. The normalized spacial score (nSPS) is 13.3. The molecule has 4 aromatic heterocycles. The summed E-state index contributed by atoms with van der Waals surface area (Å²) in [7, 11) is 0. The molecule has 0 unspecified atom stereocenters. The van der Waals surface area contributed by atoms with E-state index in [0.29, 0.717) is 48.6 Å². The number of hydrogen-bond acceptors (Lipinski definition) is 10. The number of hydrogen-bond donors (Lipinski definition) is 1. The van der Waals surface area contributed by atoms with Crippen molar-refractivity contribution in [2.45, 2.75) is 13.1 Å². The lowest BCUT2D eigenvalue weighted by Gasteiger charge is -2.31. The number of thiophene rings is 1. The third-order valence-corrected chi connectivity index (χ3v) is 8.65. The number of carbonyl (C=O) groups is 2. The van der Waals surface area contributed by atoms with Gasteiger partial charge in [0.2, 0.25) is 5.78 Å². The zero-order chi connectivity index (χ0) is 29.9. The number of morpholine rings is 1. The first-order chi connectivity index (χ1) is 20.9. The lowest BCUT2D eigenvalue weighted by Crippen LogP contribution is -2.38. The molecule has 0 atom stereocenters. The molecule has 10 nitrogen and oxygen atoms in total. The van der Waals surface area contributed by atoms with Crippen molar-refractivity contribution >= 4 is 57.7 Å². The summed E-state index contributed by atoms with van der Waals surface area (Å²) in [6, 6.07) is 15.6. The highest BCUT2D eigenvalue weighted by molar-refractivity contribution is 7.16. The summed E-state index contributed by atoms with van der Waals surface area (Å²) >= 11 is 8.63. The van der Waals surface area contributed by atoms with E-state index in [9.17, 15) is 18.8 Å². The smallest absolute Gasteiger partial charge is 0.283 e. The molecule has 1 aliphatic heterocycles. The van der Waals surface area contributed by atoms with Crippen LogP contribution in [-0.4, -0.2) is 56.7 Å². The van der Waals surface area contributed by atoms with Crippen LogP contribution in [0.2, 0.25) is 4.34 Å². The number of rotatable bonds is 9. The van der Waals surface area contributed by atoms with E-state index in [2.05, 4.69) is 14.8 Å². The van der Waals surface area contributed by atoms with Crippen molar-refractivity contribution in [3.8, 4) is 11.4 Å². The molecule has 0 amide bonds. The molecule has 220 valence electrons. The highest BCUT2D eigenvalue weighted by Crippen LogP contribution is 2.32. The monoisotopic (exact) mass is 638 g/mol. The van der Waals surface area contributed by atoms with Gasteiger partial charge in [-0.25, -0.2) is 4.39 Å². The molecule has 5 aromatic rings. The van der Waals surface area contributed by atoms with Gasteiger partial charge in [0, 0.05) is 35.5 Å². The second kappa shape index (κ2) is 12.6. The van der Waals surface area contributed by atoms with Gasteiger partial charge in [-0.05, 0) is 47.9 Å². The number of Topliss-reactive ketones (excluding diaryl/α,β-unsaturated/α-hetero) is 1. The number of ether oxygens (including phenoxy) is 1. The number of anilines is 2. The summed E-state index contributed by atoms with van der Waals surface area (Å²) in [5.41, 5.74) is 0.901. The lowest BCUT2D eigenvalue weighted by atomic mass is 10.1. The quantitative estimate of drug-likeness (QED) is 0.224. The largest absolute Gasteiger partial charge is 0.378 e. The minimum Gasteiger partial charge on any atom is -0.378 e. The van der Waals surface area contributed by atoms with Crippen LogP contribution < -0.4 is 15.8 Å².